The maximum Gasteiger partial charge on any atom is 0.279 e. The molecule has 0 bridgehead atoms. The zero-order valence-electron chi connectivity index (χ0n) is 15.4. The zero-order chi connectivity index (χ0) is 19.1. The molecule has 1 aromatic carbocycles. The van der Waals surface area contributed by atoms with Crippen LogP contribution < -0.4 is 10.6 Å². The van der Waals surface area contributed by atoms with Crippen LogP contribution >= 0.6 is 11.6 Å². The minimum atomic E-state index is -0.232. The smallest absolute Gasteiger partial charge is 0.279 e. The summed E-state index contributed by atoms with van der Waals surface area (Å²) in [5.41, 5.74) is 6.51. The number of nitrogens with zero attached hydrogens (tertiary/aromatic N) is 3. The molecule has 0 radical (unpaired) electrons. The number of rotatable bonds is 7. The number of anilines is 1. The summed E-state index contributed by atoms with van der Waals surface area (Å²) in [7, 11) is 0. The molecular weight excluding hydrogens is 362 g/mol. The summed E-state index contributed by atoms with van der Waals surface area (Å²) in [6.45, 7) is 4.80. The third kappa shape index (κ3) is 5.58. The van der Waals surface area contributed by atoms with Gasteiger partial charge in [-0.15, -0.1) is 0 Å². The van der Waals surface area contributed by atoms with Gasteiger partial charge in [-0.1, -0.05) is 41.9 Å². The van der Waals surface area contributed by atoms with E-state index in [2.05, 4.69) is 14.8 Å². The molecule has 1 aromatic heterocycles. The van der Waals surface area contributed by atoms with Gasteiger partial charge in [0.1, 0.15) is 11.9 Å². The molecule has 2 aromatic rings. The van der Waals surface area contributed by atoms with Gasteiger partial charge >= 0.3 is 0 Å². The normalized spacial score (nSPS) is 16.1. The van der Waals surface area contributed by atoms with E-state index < -0.39 is 0 Å². The van der Waals surface area contributed by atoms with E-state index in [9.17, 15) is 0 Å². The zero-order valence-corrected chi connectivity index (χ0v) is 16.1. The number of amidine groups is 1. The lowest BCUT2D eigenvalue weighted by Crippen LogP contribution is -2.47. The summed E-state index contributed by atoms with van der Waals surface area (Å²) >= 11 is 6.25. The number of nitrogens with one attached hydrogen (secondary N) is 1. The average molecular weight is 388 g/mol. The first-order chi connectivity index (χ1) is 13.1. The van der Waals surface area contributed by atoms with Gasteiger partial charge in [0.15, 0.2) is 0 Å². The van der Waals surface area contributed by atoms with Gasteiger partial charge in [0.25, 0.3) is 6.02 Å². The van der Waals surface area contributed by atoms with Crippen molar-refractivity contribution in [3.05, 3.63) is 59.2 Å². The topological polar surface area (TPSA) is 78.5 Å². The fraction of sp³-hybridized carbons (Fsp3) is 0.400. The Morgan fingerprint density at radius 2 is 1.89 bits per heavy atom. The minimum absolute atomic E-state index is 0.169. The van der Waals surface area contributed by atoms with Gasteiger partial charge in [-0.25, -0.2) is 4.98 Å². The molecule has 0 aliphatic carbocycles. The van der Waals surface area contributed by atoms with Gasteiger partial charge in [-0.2, -0.15) is 0 Å². The third-order valence-electron chi connectivity index (χ3n) is 4.79. The quantitative estimate of drug-likeness (QED) is 0.563. The van der Waals surface area contributed by atoms with Crippen molar-refractivity contribution in [2.45, 2.75) is 18.9 Å². The van der Waals surface area contributed by atoms with Crippen LogP contribution in [0.15, 0.2) is 48.7 Å². The molecule has 0 saturated carbocycles. The van der Waals surface area contributed by atoms with Gasteiger partial charge < -0.3 is 15.4 Å². The molecule has 1 atom stereocenters. The van der Waals surface area contributed by atoms with Crippen LogP contribution in [0.25, 0.3) is 0 Å². The van der Waals surface area contributed by atoms with Crippen molar-refractivity contribution < 1.29 is 4.74 Å². The number of halogens is 1. The number of ether oxygens (including phenoxy) is 1. The van der Waals surface area contributed by atoms with E-state index >= 15 is 0 Å². The summed E-state index contributed by atoms with van der Waals surface area (Å²) < 4.78 is 5.53. The Hall–Kier alpha value is -2.31. The SMILES string of the molecule is N=C(N)OC(CCCN1CCN(c2ncccc2Cl)CC1)c1ccccc1. The molecule has 27 heavy (non-hydrogen) atoms. The first-order valence-corrected chi connectivity index (χ1v) is 9.64. The molecule has 3 N–H and O–H groups in total. The average Bonchev–Trinajstić information content (AvgIpc) is 2.69. The highest BCUT2D eigenvalue weighted by atomic mass is 35.5. The highest BCUT2D eigenvalue weighted by molar-refractivity contribution is 6.32. The number of piperazine rings is 1. The maximum absolute atomic E-state index is 7.45. The van der Waals surface area contributed by atoms with Gasteiger partial charge in [0.05, 0.1) is 5.02 Å². The summed E-state index contributed by atoms with van der Waals surface area (Å²) in [4.78, 5) is 9.09. The Morgan fingerprint density at radius 3 is 2.56 bits per heavy atom. The second-order valence-corrected chi connectivity index (χ2v) is 7.07. The van der Waals surface area contributed by atoms with Crippen molar-refractivity contribution in [1.29, 1.82) is 5.41 Å². The number of hydrogen-bond acceptors (Lipinski definition) is 5. The fourth-order valence-corrected chi connectivity index (χ4v) is 3.65. The lowest BCUT2D eigenvalue weighted by molar-refractivity contribution is 0.161. The predicted octanol–water partition coefficient (Wildman–Crippen LogP) is 3.29. The Labute approximate surface area is 165 Å². The van der Waals surface area contributed by atoms with E-state index in [-0.39, 0.29) is 12.1 Å². The summed E-state index contributed by atoms with van der Waals surface area (Å²) in [5.74, 6) is 0.873. The minimum Gasteiger partial charge on any atom is -0.457 e. The molecule has 1 saturated heterocycles. The van der Waals surface area contributed by atoms with Crippen LogP contribution in [-0.4, -0.2) is 48.6 Å². The van der Waals surface area contributed by atoms with Gasteiger partial charge in [-0.05, 0) is 37.1 Å². The predicted molar refractivity (Wildman–Crippen MR) is 109 cm³/mol. The molecule has 1 unspecified atom stereocenters. The Kier molecular flexibility index (Phi) is 6.90. The van der Waals surface area contributed by atoms with Gasteiger partial charge in [0, 0.05) is 32.4 Å². The number of hydrogen-bond donors (Lipinski definition) is 2. The molecule has 6 nitrogen and oxygen atoms in total. The number of aromatic nitrogens is 1. The second-order valence-electron chi connectivity index (χ2n) is 6.66. The fourth-order valence-electron chi connectivity index (χ4n) is 3.41. The van der Waals surface area contributed by atoms with E-state index in [1.807, 2.05) is 42.5 Å². The molecule has 1 aliphatic rings. The number of benzene rings is 1. The highest BCUT2D eigenvalue weighted by Crippen LogP contribution is 2.25. The lowest BCUT2D eigenvalue weighted by Gasteiger charge is -2.35. The molecule has 144 valence electrons. The molecule has 0 spiro atoms. The summed E-state index contributed by atoms with van der Waals surface area (Å²) in [6, 6.07) is 13.5. The van der Waals surface area contributed by atoms with Crippen LogP contribution in [0.3, 0.4) is 0 Å². The van der Waals surface area contributed by atoms with Crippen LogP contribution in [-0.2, 0) is 4.74 Å². The van der Waals surface area contributed by atoms with Crippen molar-refractivity contribution in [3.8, 4) is 0 Å². The van der Waals surface area contributed by atoms with E-state index in [1.54, 1.807) is 6.20 Å². The molecule has 1 fully saturated rings. The Morgan fingerprint density at radius 1 is 1.15 bits per heavy atom. The summed E-state index contributed by atoms with van der Waals surface area (Å²) in [5, 5.41) is 8.16. The molecular formula is C20H26ClN5O. The highest BCUT2D eigenvalue weighted by Gasteiger charge is 2.20. The molecule has 3 rings (SSSR count). The van der Waals surface area contributed by atoms with E-state index in [0.29, 0.717) is 5.02 Å². The first kappa shape index (κ1) is 19.5. The number of nitrogens with two attached hydrogens (primary N) is 1. The van der Waals surface area contributed by atoms with Gasteiger partial charge in [-0.3, -0.25) is 10.3 Å². The molecule has 1 aliphatic heterocycles. The van der Waals surface area contributed by atoms with Gasteiger partial charge in [0.2, 0.25) is 0 Å². The standard InChI is InChI=1S/C20H26ClN5O/c21-17-8-4-10-24-19(17)26-14-12-25(13-15-26)11-5-9-18(27-20(22)23)16-6-2-1-3-7-16/h1-4,6-8,10,18H,5,9,11-15H2,(H3,22,23). The van der Waals surface area contributed by atoms with E-state index in [0.717, 1.165) is 56.9 Å². The van der Waals surface area contributed by atoms with Crippen molar-refractivity contribution in [2.24, 2.45) is 5.73 Å². The lowest BCUT2D eigenvalue weighted by atomic mass is 10.0. The first-order valence-electron chi connectivity index (χ1n) is 9.27. The van der Waals surface area contributed by atoms with Crippen molar-refractivity contribution in [3.63, 3.8) is 0 Å². The van der Waals surface area contributed by atoms with E-state index in [4.69, 9.17) is 27.5 Å². The van der Waals surface area contributed by atoms with Crippen molar-refractivity contribution in [2.75, 3.05) is 37.6 Å². The van der Waals surface area contributed by atoms with Crippen LogP contribution in [0.5, 0.6) is 0 Å². The Balaban J connectivity index is 1.46. The van der Waals surface area contributed by atoms with E-state index in [1.165, 1.54) is 0 Å². The number of pyridine rings is 1. The van der Waals surface area contributed by atoms with Crippen LogP contribution in [0.4, 0.5) is 5.82 Å². The van der Waals surface area contributed by atoms with Crippen LogP contribution in [0.1, 0.15) is 24.5 Å². The molecule has 2 heterocycles. The van der Waals surface area contributed by atoms with Crippen LogP contribution in [0, 0.1) is 5.41 Å². The monoisotopic (exact) mass is 387 g/mol. The maximum atomic E-state index is 7.45. The largest absolute Gasteiger partial charge is 0.457 e. The Bertz CT molecular complexity index is 734. The third-order valence-corrected chi connectivity index (χ3v) is 5.09. The summed E-state index contributed by atoms with van der Waals surface area (Å²) in [6.07, 6.45) is 3.43. The van der Waals surface area contributed by atoms with Crippen molar-refractivity contribution >= 4 is 23.4 Å². The van der Waals surface area contributed by atoms with Crippen LogP contribution in [0.2, 0.25) is 5.02 Å². The molecule has 0 amide bonds. The van der Waals surface area contributed by atoms with Crippen molar-refractivity contribution in [1.82, 2.24) is 9.88 Å². The second kappa shape index (κ2) is 9.58. The molecule has 7 heteroatoms.